The zero-order valence-electron chi connectivity index (χ0n) is 5.09. The molecule has 1 aliphatic carbocycles. The third-order valence-electron chi connectivity index (χ3n) is 1.61. The van der Waals surface area contributed by atoms with Gasteiger partial charge < -0.3 is 0 Å². The van der Waals surface area contributed by atoms with Crippen LogP contribution in [0.25, 0.3) is 6.08 Å². The van der Waals surface area contributed by atoms with Crippen LogP contribution in [0.3, 0.4) is 0 Å². The largest absolute Gasteiger partial charge is 0.0985 e. The molecule has 1 aromatic rings. The summed E-state index contributed by atoms with van der Waals surface area (Å²) in [4.78, 5) is 0. The predicted molar refractivity (Wildman–Crippen MR) is 39.0 cm³/mol. The van der Waals surface area contributed by atoms with Gasteiger partial charge in [-0.15, -0.1) is 0 Å². The second-order valence-electron chi connectivity index (χ2n) is 2.20. The van der Waals surface area contributed by atoms with E-state index in [2.05, 4.69) is 31.2 Å². The Labute approximate surface area is 54.8 Å². The average molecular weight is 115 g/mol. The molecule has 43 valence electrons. The van der Waals surface area contributed by atoms with Crippen molar-refractivity contribution in [3.63, 3.8) is 0 Å². The van der Waals surface area contributed by atoms with E-state index < -0.39 is 0 Å². The van der Waals surface area contributed by atoms with Crippen molar-refractivity contribution < 1.29 is 0 Å². The smallest absolute Gasteiger partial charge is 0.0211 e. The van der Waals surface area contributed by atoms with Crippen LogP contribution in [0.5, 0.6) is 0 Å². The van der Waals surface area contributed by atoms with Crippen LogP contribution in [0.15, 0.2) is 24.8 Å². The molecule has 0 saturated heterocycles. The lowest BCUT2D eigenvalue weighted by molar-refractivity contribution is 1.71. The Hall–Kier alpha value is -1.04. The maximum Gasteiger partial charge on any atom is 0.0211 e. The Bertz CT molecular complexity index is 259. The van der Waals surface area contributed by atoms with Crippen LogP contribution in [0.1, 0.15) is 16.7 Å². The first-order chi connectivity index (χ1) is 4.42. The van der Waals surface area contributed by atoms with Crippen molar-refractivity contribution in [3.05, 3.63) is 47.9 Å². The number of hydrogen-bond acceptors (Lipinski definition) is 0. The minimum atomic E-state index is 1.26. The molecule has 0 spiro atoms. The molecule has 0 atom stereocenters. The van der Waals surface area contributed by atoms with E-state index in [1.807, 2.05) is 6.08 Å². The van der Waals surface area contributed by atoms with E-state index in [0.717, 1.165) is 0 Å². The van der Waals surface area contributed by atoms with Gasteiger partial charge in [-0.05, 0) is 16.7 Å². The monoisotopic (exact) mass is 115 g/mol. The summed E-state index contributed by atoms with van der Waals surface area (Å²) in [6.07, 6.45) is 4.05. The molecule has 0 saturated carbocycles. The van der Waals surface area contributed by atoms with E-state index >= 15 is 0 Å². The first-order valence-corrected chi connectivity index (χ1v) is 3.02. The Balaban J connectivity index is 2.62. The standard InChI is InChI=1S/C9H7/c1-2-7-4-3-5-8-6-9(7)8/h2-6H,1H2. The normalized spacial score (nSPS) is 12.4. The molecule has 0 aliphatic heterocycles. The molecule has 0 unspecified atom stereocenters. The van der Waals surface area contributed by atoms with Gasteiger partial charge in [0.05, 0.1) is 0 Å². The molecule has 0 fully saturated rings. The Morgan fingerprint density at radius 2 is 2.22 bits per heavy atom. The number of benzene rings is 1. The molecule has 0 nitrogen and oxygen atoms in total. The van der Waals surface area contributed by atoms with Crippen LogP contribution < -0.4 is 0 Å². The zero-order chi connectivity index (χ0) is 6.27. The molecule has 9 heavy (non-hydrogen) atoms. The lowest BCUT2D eigenvalue weighted by atomic mass is 10.2. The minimum absolute atomic E-state index is 1.26. The minimum Gasteiger partial charge on any atom is -0.0985 e. The van der Waals surface area contributed by atoms with Crippen molar-refractivity contribution in [3.8, 4) is 0 Å². The van der Waals surface area contributed by atoms with Crippen molar-refractivity contribution in [2.45, 2.75) is 0 Å². The highest BCUT2D eigenvalue weighted by molar-refractivity contribution is 5.70. The van der Waals surface area contributed by atoms with Crippen LogP contribution in [0.2, 0.25) is 0 Å². The Morgan fingerprint density at radius 3 is 2.89 bits per heavy atom. The van der Waals surface area contributed by atoms with Gasteiger partial charge >= 0.3 is 0 Å². The van der Waals surface area contributed by atoms with Crippen molar-refractivity contribution >= 4 is 6.08 Å². The SMILES string of the molecule is C=Cc1cccc2c1[CH]2. The third kappa shape index (κ3) is 0.595. The van der Waals surface area contributed by atoms with Crippen LogP contribution in [-0.4, -0.2) is 0 Å². The molecule has 0 N–H and O–H groups in total. The van der Waals surface area contributed by atoms with E-state index in [0.29, 0.717) is 0 Å². The highest BCUT2D eigenvalue weighted by Crippen LogP contribution is 2.33. The van der Waals surface area contributed by atoms with Crippen molar-refractivity contribution in [1.29, 1.82) is 0 Å². The first-order valence-electron chi connectivity index (χ1n) is 3.02. The summed E-state index contributed by atoms with van der Waals surface area (Å²) in [5, 5.41) is 0. The van der Waals surface area contributed by atoms with Crippen molar-refractivity contribution in [2.24, 2.45) is 0 Å². The van der Waals surface area contributed by atoms with Crippen LogP contribution >= 0.6 is 0 Å². The van der Waals surface area contributed by atoms with Gasteiger partial charge in [-0.2, -0.15) is 0 Å². The topological polar surface area (TPSA) is 0 Å². The second-order valence-corrected chi connectivity index (χ2v) is 2.20. The summed E-state index contributed by atoms with van der Waals surface area (Å²) in [5.74, 6) is 0. The molecule has 1 aliphatic rings. The quantitative estimate of drug-likeness (QED) is 0.534. The van der Waals surface area contributed by atoms with E-state index in [-0.39, 0.29) is 0 Å². The second kappa shape index (κ2) is 1.47. The van der Waals surface area contributed by atoms with E-state index in [9.17, 15) is 0 Å². The van der Waals surface area contributed by atoms with Gasteiger partial charge in [0.15, 0.2) is 0 Å². The van der Waals surface area contributed by atoms with Gasteiger partial charge in [-0.25, -0.2) is 0 Å². The molecule has 0 aromatic heterocycles. The van der Waals surface area contributed by atoms with Gasteiger partial charge in [0, 0.05) is 6.42 Å². The molecule has 1 radical (unpaired) electrons. The highest BCUT2D eigenvalue weighted by Gasteiger charge is 2.18. The summed E-state index contributed by atoms with van der Waals surface area (Å²) < 4.78 is 0. The Morgan fingerprint density at radius 1 is 1.33 bits per heavy atom. The highest BCUT2D eigenvalue weighted by atomic mass is 14.2. The van der Waals surface area contributed by atoms with Gasteiger partial charge in [-0.3, -0.25) is 0 Å². The van der Waals surface area contributed by atoms with Crippen molar-refractivity contribution in [2.75, 3.05) is 0 Å². The first kappa shape index (κ1) is 4.80. The zero-order valence-corrected chi connectivity index (χ0v) is 5.09. The summed E-state index contributed by atoms with van der Waals surface area (Å²) in [6.45, 7) is 3.71. The van der Waals surface area contributed by atoms with Crippen molar-refractivity contribution in [1.82, 2.24) is 0 Å². The van der Waals surface area contributed by atoms with Gasteiger partial charge in [0.25, 0.3) is 0 Å². The molecule has 0 heteroatoms. The predicted octanol–water partition coefficient (Wildman–Crippen LogP) is 2.24. The molecule has 0 heterocycles. The fraction of sp³-hybridized carbons (Fsp3) is 0. The average Bonchev–Trinajstić information content (AvgIpc) is 2.64. The van der Waals surface area contributed by atoms with Gasteiger partial charge in [0.1, 0.15) is 0 Å². The lowest BCUT2D eigenvalue weighted by Gasteiger charge is -1.85. The maximum absolute atomic E-state index is 3.71. The van der Waals surface area contributed by atoms with E-state index in [4.69, 9.17) is 0 Å². The van der Waals surface area contributed by atoms with E-state index in [1.165, 1.54) is 16.7 Å². The summed E-state index contributed by atoms with van der Waals surface area (Å²) in [6, 6.07) is 6.25. The fourth-order valence-corrected chi connectivity index (χ4v) is 1.03. The van der Waals surface area contributed by atoms with Gasteiger partial charge in [-0.1, -0.05) is 30.9 Å². The van der Waals surface area contributed by atoms with Crippen LogP contribution in [0, 0.1) is 6.42 Å². The van der Waals surface area contributed by atoms with E-state index in [1.54, 1.807) is 0 Å². The summed E-state index contributed by atoms with van der Waals surface area (Å²) >= 11 is 0. The van der Waals surface area contributed by atoms with Crippen LogP contribution in [0.4, 0.5) is 0 Å². The number of fused-ring (bicyclic) bond motifs is 1. The van der Waals surface area contributed by atoms with Crippen LogP contribution in [-0.2, 0) is 0 Å². The summed E-state index contributed by atoms with van der Waals surface area (Å²) in [5.41, 5.74) is 3.99. The van der Waals surface area contributed by atoms with Gasteiger partial charge in [0.2, 0.25) is 0 Å². The molecule has 1 aromatic carbocycles. The molecular weight excluding hydrogens is 108 g/mol. The summed E-state index contributed by atoms with van der Waals surface area (Å²) in [7, 11) is 0. The number of hydrogen-bond donors (Lipinski definition) is 0. The third-order valence-corrected chi connectivity index (χ3v) is 1.61. The Kier molecular flexibility index (Phi) is 0.786. The maximum atomic E-state index is 3.71. The molecule has 2 rings (SSSR count). The molecular formula is C9H7. The molecule has 0 amide bonds. The molecule has 0 bridgehead atoms. The lowest BCUT2D eigenvalue weighted by Crippen LogP contribution is -1.65. The number of rotatable bonds is 1. The fourth-order valence-electron chi connectivity index (χ4n) is 1.03.